The summed E-state index contributed by atoms with van der Waals surface area (Å²) in [6.07, 6.45) is 3.33. The van der Waals surface area contributed by atoms with Crippen LogP contribution in [-0.2, 0) is 7.05 Å². The van der Waals surface area contributed by atoms with Crippen molar-refractivity contribution >= 4 is 5.69 Å². The average Bonchev–Trinajstić information content (AvgIpc) is 2.51. The highest BCUT2D eigenvalue weighted by Crippen LogP contribution is 2.26. The van der Waals surface area contributed by atoms with Crippen molar-refractivity contribution in [1.82, 2.24) is 15.1 Å². The van der Waals surface area contributed by atoms with E-state index in [0.29, 0.717) is 11.5 Å². The van der Waals surface area contributed by atoms with Crippen LogP contribution in [0.25, 0.3) is 0 Å². The molecule has 0 aliphatic carbocycles. The molecule has 1 N–H and O–H groups in total. The van der Waals surface area contributed by atoms with E-state index in [1.54, 1.807) is 0 Å². The number of hydrogen-bond acceptors (Lipinski definition) is 3. The lowest BCUT2D eigenvalue weighted by atomic mass is 9.86. The van der Waals surface area contributed by atoms with Crippen molar-refractivity contribution in [3.05, 3.63) is 11.9 Å². The van der Waals surface area contributed by atoms with E-state index in [0.717, 1.165) is 25.3 Å². The Labute approximate surface area is 110 Å². The average molecular weight is 250 g/mol. The van der Waals surface area contributed by atoms with Crippen LogP contribution in [0.2, 0.25) is 0 Å². The monoisotopic (exact) mass is 250 g/mol. The second-order valence-electron chi connectivity index (χ2n) is 6.45. The standard InChI is InChI=1S/C14H26N4/c1-11-12(9-17(5)16-11)18-8-6-7-15-13(10-18)14(2,3)4/h9,13,15H,6-8,10H2,1-5H3. The topological polar surface area (TPSA) is 33.1 Å². The molecule has 0 saturated carbocycles. The van der Waals surface area contributed by atoms with Crippen LogP contribution in [0.5, 0.6) is 0 Å². The third-order valence-corrected chi connectivity index (χ3v) is 3.77. The third kappa shape index (κ3) is 2.86. The smallest absolute Gasteiger partial charge is 0.0827 e. The minimum atomic E-state index is 0.290. The number of nitrogens with zero attached hydrogens (tertiary/aromatic N) is 3. The second-order valence-corrected chi connectivity index (χ2v) is 6.45. The van der Waals surface area contributed by atoms with Gasteiger partial charge in [-0.2, -0.15) is 5.10 Å². The molecule has 1 atom stereocenters. The Morgan fingerprint density at radius 3 is 2.67 bits per heavy atom. The molecule has 0 aromatic carbocycles. The normalized spacial score (nSPS) is 22.1. The first-order valence-corrected chi connectivity index (χ1v) is 6.86. The lowest BCUT2D eigenvalue weighted by Crippen LogP contribution is -2.46. The summed E-state index contributed by atoms with van der Waals surface area (Å²) in [7, 11) is 1.99. The number of rotatable bonds is 1. The third-order valence-electron chi connectivity index (χ3n) is 3.77. The molecule has 0 radical (unpaired) electrons. The van der Waals surface area contributed by atoms with Gasteiger partial charge in [-0.15, -0.1) is 0 Å². The van der Waals surface area contributed by atoms with E-state index < -0.39 is 0 Å². The van der Waals surface area contributed by atoms with E-state index in [1.165, 1.54) is 12.1 Å². The van der Waals surface area contributed by atoms with E-state index in [4.69, 9.17) is 0 Å². The number of anilines is 1. The summed E-state index contributed by atoms with van der Waals surface area (Å²) in [5.74, 6) is 0. The highest BCUT2D eigenvalue weighted by atomic mass is 15.3. The molecule has 1 saturated heterocycles. The van der Waals surface area contributed by atoms with Crippen molar-refractivity contribution in [1.29, 1.82) is 0 Å². The molecular formula is C14H26N4. The molecule has 1 unspecified atom stereocenters. The first-order chi connectivity index (χ1) is 8.38. The van der Waals surface area contributed by atoms with Gasteiger partial charge in [0, 0.05) is 32.4 Å². The molecule has 1 aliphatic heterocycles. The predicted octanol–water partition coefficient (Wildman–Crippen LogP) is 1.94. The van der Waals surface area contributed by atoms with Gasteiger partial charge in [-0.3, -0.25) is 4.68 Å². The lowest BCUT2D eigenvalue weighted by Gasteiger charge is -2.34. The number of aromatic nitrogens is 2. The zero-order valence-electron chi connectivity index (χ0n) is 12.3. The quantitative estimate of drug-likeness (QED) is 0.827. The number of hydrogen-bond donors (Lipinski definition) is 1. The molecule has 1 aromatic heterocycles. The van der Waals surface area contributed by atoms with Crippen LogP contribution in [-0.4, -0.2) is 35.5 Å². The van der Waals surface area contributed by atoms with Gasteiger partial charge in [0.2, 0.25) is 0 Å². The van der Waals surface area contributed by atoms with Crippen LogP contribution in [0.1, 0.15) is 32.9 Å². The van der Waals surface area contributed by atoms with E-state index in [-0.39, 0.29) is 0 Å². The number of nitrogens with one attached hydrogen (secondary N) is 1. The highest BCUT2D eigenvalue weighted by Gasteiger charge is 2.29. The van der Waals surface area contributed by atoms with Crippen molar-refractivity contribution in [2.45, 2.75) is 40.2 Å². The Bertz CT molecular complexity index is 402. The summed E-state index contributed by atoms with van der Waals surface area (Å²) in [5.41, 5.74) is 2.71. The Balaban J connectivity index is 2.19. The summed E-state index contributed by atoms with van der Waals surface area (Å²) in [4.78, 5) is 2.48. The van der Waals surface area contributed by atoms with Gasteiger partial charge in [-0.25, -0.2) is 0 Å². The molecular weight excluding hydrogens is 224 g/mol. The van der Waals surface area contributed by atoms with Crippen LogP contribution >= 0.6 is 0 Å². The number of aryl methyl sites for hydroxylation is 2. The van der Waals surface area contributed by atoms with Gasteiger partial charge in [0.1, 0.15) is 0 Å². The van der Waals surface area contributed by atoms with Crippen LogP contribution in [0.4, 0.5) is 5.69 Å². The molecule has 0 amide bonds. The Morgan fingerprint density at radius 2 is 2.11 bits per heavy atom. The van der Waals surface area contributed by atoms with Crippen LogP contribution in [0, 0.1) is 12.3 Å². The van der Waals surface area contributed by atoms with Gasteiger partial charge in [-0.05, 0) is 25.3 Å². The summed E-state index contributed by atoms with van der Waals surface area (Å²) in [6.45, 7) is 12.3. The van der Waals surface area contributed by atoms with E-state index in [1.807, 2.05) is 11.7 Å². The van der Waals surface area contributed by atoms with Crippen molar-refractivity contribution in [3.8, 4) is 0 Å². The first-order valence-electron chi connectivity index (χ1n) is 6.86. The SMILES string of the molecule is Cc1nn(C)cc1N1CCCNC(C(C)(C)C)C1. The van der Waals surface area contributed by atoms with Crippen LogP contribution in [0.15, 0.2) is 6.20 Å². The molecule has 1 fully saturated rings. The van der Waals surface area contributed by atoms with Gasteiger partial charge in [0.25, 0.3) is 0 Å². The zero-order chi connectivity index (χ0) is 13.3. The molecule has 2 rings (SSSR count). The summed E-state index contributed by atoms with van der Waals surface area (Å²) in [6, 6.07) is 0.527. The Hall–Kier alpha value is -1.03. The van der Waals surface area contributed by atoms with Crippen molar-refractivity contribution < 1.29 is 0 Å². The maximum atomic E-state index is 4.46. The Morgan fingerprint density at radius 1 is 1.39 bits per heavy atom. The fourth-order valence-corrected chi connectivity index (χ4v) is 2.62. The van der Waals surface area contributed by atoms with Crippen LogP contribution < -0.4 is 10.2 Å². The second kappa shape index (κ2) is 4.92. The largest absolute Gasteiger partial charge is 0.367 e. The maximum absolute atomic E-state index is 4.46. The Kier molecular flexibility index (Phi) is 3.66. The molecule has 0 bridgehead atoms. The molecule has 1 aliphatic rings. The summed E-state index contributed by atoms with van der Waals surface area (Å²) < 4.78 is 1.91. The minimum Gasteiger partial charge on any atom is -0.367 e. The molecule has 4 heteroatoms. The molecule has 1 aromatic rings. The van der Waals surface area contributed by atoms with Gasteiger partial charge in [0.05, 0.1) is 11.4 Å². The molecule has 0 spiro atoms. The van der Waals surface area contributed by atoms with Gasteiger partial charge < -0.3 is 10.2 Å². The van der Waals surface area contributed by atoms with Gasteiger partial charge in [0.15, 0.2) is 0 Å². The zero-order valence-corrected chi connectivity index (χ0v) is 12.3. The van der Waals surface area contributed by atoms with Gasteiger partial charge in [-0.1, -0.05) is 20.8 Å². The molecule has 2 heterocycles. The van der Waals surface area contributed by atoms with E-state index >= 15 is 0 Å². The van der Waals surface area contributed by atoms with Crippen LogP contribution in [0.3, 0.4) is 0 Å². The van der Waals surface area contributed by atoms with E-state index in [2.05, 4.69) is 49.2 Å². The van der Waals surface area contributed by atoms with Crippen molar-refractivity contribution in [2.24, 2.45) is 12.5 Å². The van der Waals surface area contributed by atoms with Crippen molar-refractivity contribution in [2.75, 3.05) is 24.5 Å². The maximum Gasteiger partial charge on any atom is 0.0827 e. The fraction of sp³-hybridized carbons (Fsp3) is 0.786. The summed E-state index contributed by atoms with van der Waals surface area (Å²) >= 11 is 0. The van der Waals surface area contributed by atoms with Crippen molar-refractivity contribution in [3.63, 3.8) is 0 Å². The lowest BCUT2D eigenvalue weighted by molar-refractivity contribution is 0.280. The molecule has 4 nitrogen and oxygen atoms in total. The summed E-state index contributed by atoms with van der Waals surface area (Å²) in [5, 5.41) is 8.14. The highest BCUT2D eigenvalue weighted by molar-refractivity contribution is 5.49. The first kappa shape index (κ1) is 13.4. The minimum absolute atomic E-state index is 0.290. The fourth-order valence-electron chi connectivity index (χ4n) is 2.62. The molecule has 102 valence electrons. The van der Waals surface area contributed by atoms with E-state index in [9.17, 15) is 0 Å². The van der Waals surface area contributed by atoms with Gasteiger partial charge >= 0.3 is 0 Å². The predicted molar refractivity (Wildman–Crippen MR) is 76.0 cm³/mol. The molecule has 18 heavy (non-hydrogen) atoms.